The van der Waals surface area contributed by atoms with Crippen LogP contribution in [-0.4, -0.2) is 40.4 Å². The summed E-state index contributed by atoms with van der Waals surface area (Å²) in [5, 5.41) is 6.25. The molecule has 0 bridgehead atoms. The second-order valence-corrected chi connectivity index (χ2v) is 7.04. The molecule has 7 heteroatoms. The van der Waals surface area contributed by atoms with Crippen molar-refractivity contribution in [2.45, 2.75) is 33.4 Å². The number of carbonyl (C=O) groups is 1. The summed E-state index contributed by atoms with van der Waals surface area (Å²) in [7, 11) is 0. The molecule has 3 aromatic rings. The number of hydrogen-bond acceptors (Lipinski definition) is 6. The first-order chi connectivity index (χ1) is 14.6. The van der Waals surface area contributed by atoms with E-state index in [9.17, 15) is 4.79 Å². The van der Waals surface area contributed by atoms with Crippen LogP contribution in [0, 0.1) is 6.92 Å². The zero-order valence-electron chi connectivity index (χ0n) is 17.8. The minimum absolute atomic E-state index is 0.00210. The van der Waals surface area contributed by atoms with Crippen molar-refractivity contribution >= 4 is 11.9 Å². The lowest BCUT2D eigenvalue weighted by molar-refractivity contribution is 0.0929. The number of hydrogen-bond donors (Lipinski definition) is 2. The maximum absolute atomic E-state index is 12.8. The lowest BCUT2D eigenvalue weighted by Crippen LogP contribution is -2.38. The van der Waals surface area contributed by atoms with Gasteiger partial charge in [-0.1, -0.05) is 26.0 Å². The molecule has 2 N–H and O–H groups in total. The number of rotatable bonds is 10. The number of aromatic nitrogens is 2. The first kappa shape index (κ1) is 21.5. The van der Waals surface area contributed by atoms with Gasteiger partial charge in [0.15, 0.2) is 0 Å². The fourth-order valence-electron chi connectivity index (χ4n) is 3.38. The van der Waals surface area contributed by atoms with Crippen LogP contribution >= 0.6 is 0 Å². The zero-order valence-corrected chi connectivity index (χ0v) is 17.8. The summed E-state index contributed by atoms with van der Waals surface area (Å²) in [6.45, 7) is 8.91. The number of carbonyl (C=O) groups excluding carboxylic acids is 1. The summed E-state index contributed by atoms with van der Waals surface area (Å²) >= 11 is 0. The molecule has 0 spiro atoms. The van der Waals surface area contributed by atoms with Gasteiger partial charge in [-0.3, -0.25) is 9.69 Å². The highest BCUT2D eigenvalue weighted by Gasteiger charge is 2.21. The highest BCUT2D eigenvalue weighted by molar-refractivity contribution is 5.94. The molecule has 1 atom stereocenters. The smallest absolute Gasteiger partial charge is 0.251 e. The minimum Gasteiger partial charge on any atom is -0.468 e. The normalized spacial score (nSPS) is 12.0. The summed E-state index contributed by atoms with van der Waals surface area (Å²) in [5.41, 5.74) is 2.51. The Bertz CT molecular complexity index is 938. The van der Waals surface area contributed by atoms with Crippen LogP contribution in [0.15, 0.2) is 59.3 Å². The van der Waals surface area contributed by atoms with E-state index in [1.807, 2.05) is 49.4 Å². The van der Waals surface area contributed by atoms with Crippen molar-refractivity contribution in [1.82, 2.24) is 20.2 Å². The number of anilines is 1. The van der Waals surface area contributed by atoms with Gasteiger partial charge in [-0.05, 0) is 55.9 Å². The molecule has 0 saturated carbocycles. The highest BCUT2D eigenvalue weighted by atomic mass is 16.3. The number of nitrogens with one attached hydrogen (secondary N) is 2. The van der Waals surface area contributed by atoms with Gasteiger partial charge in [0, 0.05) is 30.5 Å². The van der Waals surface area contributed by atoms with Crippen LogP contribution in [-0.2, 0) is 6.54 Å². The molecule has 0 fully saturated rings. The zero-order chi connectivity index (χ0) is 21.3. The van der Waals surface area contributed by atoms with E-state index >= 15 is 0 Å². The van der Waals surface area contributed by atoms with E-state index in [4.69, 9.17) is 4.42 Å². The van der Waals surface area contributed by atoms with Gasteiger partial charge in [-0.2, -0.15) is 0 Å². The fourth-order valence-corrected chi connectivity index (χ4v) is 3.38. The van der Waals surface area contributed by atoms with Gasteiger partial charge in [0.05, 0.1) is 12.3 Å². The van der Waals surface area contributed by atoms with Crippen LogP contribution < -0.4 is 10.6 Å². The van der Waals surface area contributed by atoms with Crippen LogP contribution in [0.2, 0.25) is 0 Å². The molecule has 3 rings (SSSR count). The molecule has 30 heavy (non-hydrogen) atoms. The molecule has 0 radical (unpaired) electrons. The number of benzene rings is 1. The number of likely N-dealkylation sites (N-methyl/N-ethyl adjacent to an activating group) is 1. The van der Waals surface area contributed by atoms with Gasteiger partial charge in [0.2, 0.25) is 5.95 Å². The predicted octanol–water partition coefficient (Wildman–Crippen LogP) is 3.80. The van der Waals surface area contributed by atoms with E-state index in [0.717, 1.165) is 30.1 Å². The Hall–Kier alpha value is -3.19. The van der Waals surface area contributed by atoms with E-state index in [0.29, 0.717) is 24.6 Å². The third-order valence-electron chi connectivity index (χ3n) is 5.02. The first-order valence-corrected chi connectivity index (χ1v) is 10.3. The molecule has 7 nitrogen and oxygen atoms in total. The average molecular weight is 408 g/mol. The molecule has 158 valence electrons. The van der Waals surface area contributed by atoms with E-state index < -0.39 is 0 Å². The number of nitrogens with zero attached hydrogens (tertiary/aromatic N) is 3. The highest BCUT2D eigenvalue weighted by Crippen LogP contribution is 2.20. The van der Waals surface area contributed by atoms with Gasteiger partial charge < -0.3 is 15.1 Å². The molecular weight excluding hydrogens is 378 g/mol. The molecule has 1 amide bonds. The molecule has 0 aliphatic rings. The van der Waals surface area contributed by atoms with E-state index in [-0.39, 0.29) is 11.9 Å². The van der Waals surface area contributed by atoms with Crippen LogP contribution in [0.3, 0.4) is 0 Å². The van der Waals surface area contributed by atoms with Crippen LogP contribution in [0.25, 0.3) is 0 Å². The average Bonchev–Trinajstić information content (AvgIpc) is 3.30. The molecule has 0 aliphatic heterocycles. The van der Waals surface area contributed by atoms with Gasteiger partial charge in [0.25, 0.3) is 5.91 Å². The van der Waals surface area contributed by atoms with Crippen molar-refractivity contribution in [3.63, 3.8) is 0 Å². The van der Waals surface area contributed by atoms with Crippen LogP contribution in [0.5, 0.6) is 0 Å². The number of furan rings is 1. The Morgan fingerprint density at radius 3 is 2.70 bits per heavy atom. The third kappa shape index (κ3) is 5.67. The van der Waals surface area contributed by atoms with E-state index in [1.54, 1.807) is 12.5 Å². The Balaban J connectivity index is 1.62. The van der Waals surface area contributed by atoms with E-state index in [1.165, 1.54) is 0 Å². The Labute approximate surface area is 177 Å². The maximum Gasteiger partial charge on any atom is 0.251 e. The molecule has 0 saturated heterocycles. The quantitative estimate of drug-likeness (QED) is 0.532. The van der Waals surface area contributed by atoms with Gasteiger partial charge in [-0.15, -0.1) is 0 Å². The second-order valence-electron chi connectivity index (χ2n) is 7.04. The standard InChI is InChI=1S/C23H29N5O2/c1-4-28(5-2)20(21-10-7-13-30-21)16-25-22(29)19-9-6-8-18(14-19)15-26-23-24-12-11-17(3)27-23/h6-14,20H,4-5,15-16H2,1-3H3,(H,25,29)(H,24,26,27). The Morgan fingerprint density at radius 1 is 1.17 bits per heavy atom. The molecule has 2 heterocycles. The summed E-state index contributed by atoms with van der Waals surface area (Å²) in [6, 6.07) is 13.3. The topological polar surface area (TPSA) is 83.3 Å². The van der Waals surface area contributed by atoms with Gasteiger partial charge >= 0.3 is 0 Å². The Morgan fingerprint density at radius 2 is 2.00 bits per heavy atom. The third-order valence-corrected chi connectivity index (χ3v) is 5.02. The van der Waals surface area contributed by atoms with E-state index in [2.05, 4.69) is 39.3 Å². The lowest BCUT2D eigenvalue weighted by Gasteiger charge is -2.28. The predicted molar refractivity (Wildman–Crippen MR) is 117 cm³/mol. The van der Waals surface area contributed by atoms with Crippen LogP contribution in [0.1, 0.15) is 47.3 Å². The summed E-state index contributed by atoms with van der Waals surface area (Å²) < 4.78 is 5.61. The van der Waals surface area contributed by atoms with Gasteiger partial charge in [0.1, 0.15) is 5.76 Å². The number of amides is 1. The van der Waals surface area contributed by atoms with Crippen molar-refractivity contribution in [2.75, 3.05) is 25.0 Å². The second kappa shape index (κ2) is 10.5. The maximum atomic E-state index is 12.8. The molecule has 1 aromatic carbocycles. The first-order valence-electron chi connectivity index (χ1n) is 10.3. The van der Waals surface area contributed by atoms with Crippen molar-refractivity contribution in [3.05, 3.63) is 77.5 Å². The minimum atomic E-state index is -0.104. The summed E-state index contributed by atoms with van der Waals surface area (Å²) in [4.78, 5) is 23.6. The fraction of sp³-hybridized carbons (Fsp3) is 0.348. The molecule has 2 aromatic heterocycles. The van der Waals surface area contributed by atoms with Gasteiger partial charge in [-0.25, -0.2) is 9.97 Å². The lowest BCUT2D eigenvalue weighted by atomic mass is 10.1. The van der Waals surface area contributed by atoms with Crippen molar-refractivity contribution in [3.8, 4) is 0 Å². The Kier molecular flexibility index (Phi) is 7.57. The van der Waals surface area contributed by atoms with Crippen molar-refractivity contribution < 1.29 is 9.21 Å². The van der Waals surface area contributed by atoms with Crippen LogP contribution in [0.4, 0.5) is 5.95 Å². The molecule has 0 aliphatic carbocycles. The molecular formula is C23H29N5O2. The van der Waals surface area contributed by atoms with Crippen molar-refractivity contribution in [2.24, 2.45) is 0 Å². The van der Waals surface area contributed by atoms with Crippen molar-refractivity contribution in [1.29, 1.82) is 0 Å². The molecule has 1 unspecified atom stereocenters. The monoisotopic (exact) mass is 407 g/mol. The summed E-state index contributed by atoms with van der Waals surface area (Å²) in [6.07, 6.45) is 3.39. The largest absolute Gasteiger partial charge is 0.468 e. The summed E-state index contributed by atoms with van der Waals surface area (Å²) in [5.74, 6) is 1.33. The number of aryl methyl sites for hydroxylation is 1. The SMILES string of the molecule is CCN(CC)C(CNC(=O)c1cccc(CNc2nccc(C)n2)c1)c1ccco1.